The number of fused-ring (bicyclic) bond motifs is 1. The van der Waals surface area contributed by atoms with Gasteiger partial charge in [-0.25, -0.2) is 4.98 Å². The highest BCUT2D eigenvalue weighted by Crippen LogP contribution is 2.40. The molecule has 0 amide bonds. The van der Waals surface area contributed by atoms with Gasteiger partial charge in [0.25, 0.3) is 0 Å². The molecule has 25 heavy (non-hydrogen) atoms. The molecule has 2 atom stereocenters. The van der Waals surface area contributed by atoms with E-state index in [2.05, 4.69) is 68.1 Å². The van der Waals surface area contributed by atoms with Gasteiger partial charge in [0.2, 0.25) is 0 Å². The Morgan fingerprint density at radius 1 is 1.20 bits per heavy atom. The lowest BCUT2D eigenvalue weighted by molar-refractivity contribution is 0.197. The van der Waals surface area contributed by atoms with E-state index in [4.69, 9.17) is 9.41 Å². The summed E-state index contributed by atoms with van der Waals surface area (Å²) in [5.74, 6) is 0.780. The molecule has 2 aliphatic rings. The zero-order chi connectivity index (χ0) is 17.8. The summed E-state index contributed by atoms with van der Waals surface area (Å²) in [5, 5.41) is 3.89. The molecule has 2 aromatic heterocycles. The molecule has 136 valence electrons. The van der Waals surface area contributed by atoms with E-state index in [1.165, 1.54) is 18.4 Å². The van der Waals surface area contributed by atoms with Crippen LogP contribution in [-0.2, 0) is 4.43 Å². The third-order valence-electron chi connectivity index (χ3n) is 6.26. The van der Waals surface area contributed by atoms with E-state index in [-0.39, 0.29) is 5.04 Å². The second-order valence-electron chi connectivity index (χ2n) is 9.36. The van der Waals surface area contributed by atoms with Crippen molar-refractivity contribution in [1.29, 1.82) is 0 Å². The van der Waals surface area contributed by atoms with E-state index < -0.39 is 8.32 Å². The number of imidazole rings is 1. The Balaban J connectivity index is 1.47. The first-order chi connectivity index (χ1) is 11.7. The molecule has 1 saturated heterocycles. The quantitative estimate of drug-likeness (QED) is 0.810. The molecule has 1 saturated carbocycles. The van der Waals surface area contributed by atoms with E-state index >= 15 is 0 Å². The fourth-order valence-corrected chi connectivity index (χ4v) is 4.83. The van der Waals surface area contributed by atoms with E-state index in [1.807, 2.05) is 0 Å². The second kappa shape index (κ2) is 5.93. The number of nitrogens with zero attached hydrogens (tertiary/aromatic N) is 2. The molecule has 0 aromatic carbocycles. The standard InChI is InChI=1S/C20H31N3OSi/c1-20(2,3)25(4,5)24-16-10-17(21-11-16)18-13-23-12-15(14-6-7-14)8-9-19(23)22-18/h8-9,12-14,16-17,21H,6-7,10-11H2,1-5H3/t16?,17-/m1/s1. The maximum atomic E-state index is 6.59. The number of nitrogens with one attached hydrogen (secondary N) is 1. The highest BCUT2D eigenvalue weighted by molar-refractivity contribution is 6.74. The fourth-order valence-electron chi connectivity index (χ4n) is 3.47. The van der Waals surface area contributed by atoms with E-state index in [0.29, 0.717) is 12.1 Å². The molecule has 0 bridgehead atoms. The van der Waals surface area contributed by atoms with Gasteiger partial charge in [-0.3, -0.25) is 0 Å². The molecule has 1 N–H and O–H groups in total. The Morgan fingerprint density at radius 2 is 1.96 bits per heavy atom. The summed E-state index contributed by atoms with van der Waals surface area (Å²) in [6.07, 6.45) is 8.47. The Hall–Kier alpha value is -1.17. The van der Waals surface area contributed by atoms with Gasteiger partial charge in [-0.1, -0.05) is 26.8 Å². The smallest absolute Gasteiger partial charge is 0.192 e. The second-order valence-corrected chi connectivity index (χ2v) is 14.1. The lowest BCUT2D eigenvalue weighted by atomic mass is 10.1. The number of pyridine rings is 1. The van der Waals surface area contributed by atoms with Crippen LogP contribution in [0.5, 0.6) is 0 Å². The van der Waals surface area contributed by atoms with Gasteiger partial charge in [-0.05, 0) is 54.9 Å². The van der Waals surface area contributed by atoms with Gasteiger partial charge < -0.3 is 14.1 Å². The van der Waals surface area contributed by atoms with Crippen LogP contribution in [0.1, 0.15) is 63.3 Å². The first-order valence-electron chi connectivity index (χ1n) is 9.63. The van der Waals surface area contributed by atoms with Crippen molar-refractivity contribution < 1.29 is 4.43 Å². The van der Waals surface area contributed by atoms with E-state index in [0.717, 1.165) is 30.2 Å². The average molecular weight is 358 g/mol. The molecule has 5 heteroatoms. The number of hydrogen-bond donors (Lipinski definition) is 1. The Morgan fingerprint density at radius 3 is 2.64 bits per heavy atom. The highest BCUT2D eigenvalue weighted by Gasteiger charge is 2.41. The lowest BCUT2D eigenvalue weighted by Crippen LogP contribution is -2.44. The van der Waals surface area contributed by atoms with Crippen molar-refractivity contribution in [2.75, 3.05) is 6.54 Å². The summed E-state index contributed by atoms with van der Waals surface area (Å²) >= 11 is 0. The number of aromatic nitrogens is 2. The molecule has 1 aliphatic heterocycles. The molecular formula is C20H31N3OSi. The van der Waals surface area contributed by atoms with Crippen LogP contribution < -0.4 is 5.32 Å². The summed E-state index contributed by atoms with van der Waals surface area (Å²) in [4.78, 5) is 4.85. The first-order valence-corrected chi connectivity index (χ1v) is 12.5. The van der Waals surface area contributed by atoms with Crippen molar-refractivity contribution in [3.05, 3.63) is 35.8 Å². The SMILES string of the molecule is CC(C)(C)[Si](C)(C)OC1CN[C@@H](c2cn3cc(C4CC4)ccc3n2)C1. The lowest BCUT2D eigenvalue weighted by Gasteiger charge is -2.38. The van der Waals surface area contributed by atoms with Gasteiger partial charge in [0.05, 0.1) is 17.8 Å². The van der Waals surface area contributed by atoms with Crippen molar-refractivity contribution >= 4 is 14.0 Å². The molecule has 4 rings (SSSR count). The van der Waals surface area contributed by atoms with Gasteiger partial charge in [0, 0.05) is 18.9 Å². The molecule has 2 fully saturated rings. The van der Waals surface area contributed by atoms with Gasteiger partial charge in [-0.2, -0.15) is 0 Å². The molecule has 0 radical (unpaired) electrons. The largest absolute Gasteiger partial charge is 0.413 e. The molecule has 1 aliphatic carbocycles. The summed E-state index contributed by atoms with van der Waals surface area (Å²) < 4.78 is 8.79. The minimum Gasteiger partial charge on any atom is -0.413 e. The van der Waals surface area contributed by atoms with Crippen LogP contribution in [0.2, 0.25) is 18.1 Å². The third kappa shape index (κ3) is 3.42. The number of hydrogen-bond acceptors (Lipinski definition) is 3. The molecular weight excluding hydrogens is 326 g/mol. The first kappa shape index (κ1) is 17.3. The maximum Gasteiger partial charge on any atom is 0.192 e. The molecule has 0 spiro atoms. The Labute approximate surface area is 152 Å². The Kier molecular flexibility index (Phi) is 4.09. The van der Waals surface area contributed by atoms with Crippen LogP contribution in [-0.4, -0.2) is 30.4 Å². The minimum atomic E-state index is -1.71. The fraction of sp³-hybridized carbons (Fsp3) is 0.650. The van der Waals surface area contributed by atoms with Crippen molar-refractivity contribution in [2.45, 2.75) is 76.2 Å². The van der Waals surface area contributed by atoms with Crippen molar-refractivity contribution in [3.63, 3.8) is 0 Å². The van der Waals surface area contributed by atoms with Gasteiger partial charge in [0.1, 0.15) is 5.65 Å². The van der Waals surface area contributed by atoms with Crippen molar-refractivity contribution in [1.82, 2.24) is 14.7 Å². The molecule has 1 unspecified atom stereocenters. The zero-order valence-corrected chi connectivity index (χ0v) is 17.2. The molecule has 3 heterocycles. The van der Waals surface area contributed by atoms with Crippen molar-refractivity contribution in [3.8, 4) is 0 Å². The normalized spacial score (nSPS) is 25.0. The van der Waals surface area contributed by atoms with Crippen LogP contribution >= 0.6 is 0 Å². The molecule has 2 aromatic rings. The third-order valence-corrected chi connectivity index (χ3v) is 10.8. The van der Waals surface area contributed by atoms with Crippen LogP contribution in [0.3, 0.4) is 0 Å². The summed E-state index contributed by atoms with van der Waals surface area (Å²) in [5.41, 5.74) is 3.65. The maximum absolute atomic E-state index is 6.59. The van der Waals surface area contributed by atoms with Crippen LogP contribution in [0.15, 0.2) is 24.5 Å². The van der Waals surface area contributed by atoms with Crippen LogP contribution in [0.25, 0.3) is 5.65 Å². The van der Waals surface area contributed by atoms with Gasteiger partial charge >= 0.3 is 0 Å². The predicted molar refractivity (Wildman–Crippen MR) is 105 cm³/mol. The number of rotatable bonds is 4. The summed E-state index contributed by atoms with van der Waals surface area (Å²) in [6, 6.07) is 4.71. The van der Waals surface area contributed by atoms with Crippen LogP contribution in [0, 0.1) is 0 Å². The van der Waals surface area contributed by atoms with Crippen LogP contribution in [0.4, 0.5) is 0 Å². The van der Waals surface area contributed by atoms with E-state index in [1.54, 1.807) is 0 Å². The van der Waals surface area contributed by atoms with E-state index in [9.17, 15) is 0 Å². The Bertz CT molecular complexity index is 773. The van der Waals surface area contributed by atoms with Crippen molar-refractivity contribution in [2.24, 2.45) is 0 Å². The topological polar surface area (TPSA) is 38.6 Å². The average Bonchev–Trinajstić information content (AvgIpc) is 3.12. The zero-order valence-electron chi connectivity index (χ0n) is 16.2. The van der Waals surface area contributed by atoms with Gasteiger partial charge in [0.15, 0.2) is 8.32 Å². The highest BCUT2D eigenvalue weighted by atomic mass is 28.4. The van der Waals surface area contributed by atoms with Gasteiger partial charge in [-0.15, -0.1) is 0 Å². The predicted octanol–water partition coefficient (Wildman–Crippen LogP) is 4.64. The summed E-state index contributed by atoms with van der Waals surface area (Å²) in [6.45, 7) is 12.5. The summed E-state index contributed by atoms with van der Waals surface area (Å²) in [7, 11) is -1.71. The minimum absolute atomic E-state index is 0.257. The molecule has 4 nitrogen and oxygen atoms in total. The monoisotopic (exact) mass is 357 g/mol.